The van der Waals surface area contributed by atoms with Gasteiger partial charge in [-0.25, -0.2) is 0 Å². The average molecular weight is 101 g/mol. The Kier molecular flexibility index (Phi) is 1.62. The van der Waals surface area contributed by atoms with Crippen LogP contribution in [0.15, 0.2) is 0 Å². The number of hydrogen-bond acceptors (Lipinski definition) is 3. The maximum absolute atomic E-state index is 3.18. The van der Waals surface area contributed by atoms with Crippen LogP contribution in [0.2, 0.25) is 0 Å². The molecule has 3 N–H and O–H groups in total. The normalized spacial score (nSPS) is 31.3. The predicted octanol–water partition coefficient (Wildman–Crippen LogP) is -1.32. The van der Waals surface area contributed by atoms with Crippen LogP contribution in [0.1, 0.15) is 0 Å². The zero-order valence-corrected chi connectivity index (χ0v) is 4.49. The molecule has 1 rings (SSSR count). The number of hydrogen-bond donors (Lipinski definition) is 3. The van der Waals surface area contributed by atoms with Gasteiger partial charge in [-0.1, -0.05) is 0 Å². The molecular formula is C4H11N3. The van der Waals surface area contributed by atoms with Crippen molar-refractivity contribution in [2.24, 2.45) is 0 Å². The lowest BCUT2D eigenvalue weighted by Crippen LogP contribution is -2.36. The minimum Gasteiger partial charge on any atom is -0.304 e. The van der Waals surface area contributed by atoms with Gasteiger partial charge >= 0.3 is 0 Å². The van der Waals surface area contributed by atoms with Gasteiger partial charge in [-0.3, -0.25) is 5.32 Å². The SMILES string of the molecule is CNC1CNCN1. The van der Waals surface area contributed by atoms with Crippen LogP contribution in [0.25, 0.3) is 0 Å². The summed E-state index contributed by atoms with van der Waals surface area (Å²) in [5, 5.41) is 9.42. The third-order valence-corrected chi connectivity index (χ3v) is 1.17. The molecule has 1 aliphatic rings. The molecule has 3 heteroatoms. The van der Waals surface area contributed by atoms with Gasteiger partial charge in [-0.2, -0.15) is 0 Å². The first-order valence-corrected chi connectivity index (χ1v) is 2.55. The summed E-state index contributed by atoms with van der Waals surface area (Å²) < 4.78 is 0. The predicted molar refractivity (Wildman–Crippen MR) is 28.9 cm³/mol. The minimum atomic E-state index is 0.486. The van der Waals surface area contributed by atoms with Crippen molar-refractivity contribution < 1.29 is 0 Å². The highest BCUT2D eigenvalue weighted by molar-refractivity contribution is 4.69. The van der Waals surface area contributed by atoms with Crippen LogP contribution < -0.4 is 16.0 Å². The van der Waals surface area contributed by atoms with Crippen LogP contribution in [0, 0.1) is 0 Å². The van der Waals surface area contributed by atoms with E-state index in [1.165, 1.54) is 0 Å². The second-order valence-corrected chi connectivity index (χ2v) is 1.68. The lowest BCUT2D eigenvalue weighted by Gasteiger charge is -2.03. The molecule has 0 aromatic carbocycles. The summed E-state index contributed by atoms with van der Waals surface area (Å²) in [6, 6.07) is 0. The van der Waals surface area contributed by atoms with Gasteiger partial charge in [0.1, 0.15) is 0 Å². The molecule has 1 aliphatic heterocycles. The van der Waals surface area contributed by atoms with Crippen molar-refractivity contribution in [1.82, 2.24) is 16.0 Å². The molecule has 1 saturated heterocycles. The highest BCUT2D eigenvalue weighted by atomic mass is 15.3. The van der Waals surface area contributed by atoms with Crippen molar-refractivity contribution in [3.05, 3.63) is 0 Å². The first-order chi connectivity index (χ1) is 3.43. The van der Waals surface area contributed by atoms with Gasteiger partial charge < -0.3 is 10.6 Å². The van der Waals surface area contributed by atoms with E-state index in [1.54, 1.807) is 0 Å². The Morgan fingerprint density at radius 2 is 2.57 bits per heavy atom. The van der Waals surface area contributed by atoms with Crippen molar-refractivity contribution in [2.45, 2.75) is 6.17 Å². The van der Waals surface area contributed by atoms with Crippen LogP contribution in [0.3, 0.4) is 0 Å². The third kappa shape index (κ3) is 1.12. The Hall–Kier alpha value is -0.120. The second kappa shape index (κ2) is 2.26. The third-order valence-electron chi connectivity index (χ3n) is 1.17. The average Bonchev–Trinajstić information content (AvgIpc) is 2.14. The van der Waals surface area contributed by atoms with Gasteiger partial charge in [0.2, 0.25) is 0 Å². The van der Waals surface area contributed by atoms with Gasteiger partial charge in [0.15, 0.2) is 0 Å². The Morgan fingerprint density at radius 3 is 2.86 bits per heavy atom. The molecule has 1 atom stereocenters. The van der Waals surface area contributed by atoms with Gasteiger partial charge in [-0.15, -0.1) is 0 Å². The Labute approximate surface area is 43.5 Å². The first kappa shape index (κ1) is 5.03. The largest absolute Gasteiger partial charge is 0.304 e. The van der Waals surface area contributed by atoms with Gasteiger partial charge in [0.25, 0.3) is 0 Å². The summed E-state index contributed by atoms with van der Waals surface area (Å²) in [5.41, 5.74) is 0. The molecular weight excluding hydrogens is 90.1 g/mol. The molecule has 3 nitrogen and oxygen atoms in total. The van der Waals surface area contributed by atoms with Crippen molar-refractivity contribution in [2.75, 3.05) is 20.3 Å². The maximum Gasteiger partial charge on any atom is 0.0708 e. The molecule has 0 amide bonds. The zero-order valence-electron chi connectivity index (χ0n) is 4.49. The molecule has 7 heavy (non-hydrogen) atoms. The van der Waals surface area contributed by atoms with E-state index in [0.29, 0.717) is 6.17 Å². The summed E-state index contributed by atoms with van der Waals surface area (Å²) in [4.78, 5) is 0. The van der Waals surface area contributed by atoms with Crippen LogP contribution in [0.4, 0.5) is 0 Å². The maximum atomic E-state index is 3.18. The molecule has 0 aromatic heterocycles. The highest BCUT2D eigenvalue weighted by Gasteiger charge is 2.08. The molecule has 0 saturated carbocycles. The molecule has 42 valence electrons. The van der Waals surface area contributed by atoms with E-state index in [9.17, 15) is 0 Å². The Bertz CT molecular complexity index is 48.9. The summed E-state index contributed by atoms with van der Waals surface area (Å²) in [6.45, 7) is 1.97. The van der Waals surface area contributed by atoms with Crippen LogP contribution in [-0.4, -0.2) is 26.4 Å². The summed E-state index contributed by atoms with van der Waals surface area (Å²) >= 11 is 0. The lowest BCUT2D eigenvalue weighted by atomic mass is 10.5. The van der Waals surface area contributed by atoms with Crippen LogP contribution in [0.5, 0.6) is 0 Å². The van der Waals surface area contributed by atoms with E-state index in [1.807, 2.05) is 7.05 Å². The van der Waals surface area contributed by atoms with Crippen molar-refractivity contribution in [3.8, 4) is 0 Å². The van der Waals surface area contributed by atoms with E-state index >= 15 is 0 Å². The van der Waals surface area contributed by atoms with Crippen molar-refractivity contribution in [3.63, 3.8) is 0 Å². The van der Waals surface area contributed by atoms with E-state index in [2.05, 4.69) is 16.0 Å². The van der Waals surface area contributed by atoms with Crippen molar-refractivity contribution in [1.29, 1.82) is 0 Å². The topological polar surface area (TPSA) is 36.1 Å². The fraction of sp³-hybridized carbons (Fsp3) is 1.00. The molecule has 0 spiro atoms. The molecule has 0 bridgehead atoms. The number of rotatable bonds is 1. The lowest BCUT2D eigenvalue weighted by molar-refractivity contribution is 0.554. The number of nitrogens with one attached hydrogen (secondary N) is 3. The monoisotopic (exact) mass is 101 g/mol. The molecule has 0 aliphatic carbocycles. The van der Waals surface area contributed by atoms with Gasteiger partial charge in [0.05, 0.1) is 6.17 Å². The summed E-state index contributed by atoms with van der Waals surface area (Å²) in [7, 11) is 1.95. The quantitative estimate of drug-likeness (QED) is 0.383. The standard InChI is InChI=1S/C4H11N3/c1-5-4-2-6-3-7-4/h4-7H,2-3H2,1H3. The van der Waals surface area contributed by atoms with E-state index in [0.717, 1.165) is 13.2 Å². The Morgan fingerprint density at radius 1 is 1.71 bits per heavy atom. The fourth-order valence-electron chi connectivity index (χ4n) is 0.688. The van der Waals surface area contributed by atoms with Gasteiger partial charge in [0, 0.05) is 13.2 Å². The first-order valence-electron chi connectivity index (χ1n) is 2.55. The summed E-state index contributed by atoms with van der Waals surface area (Å²) in [5.74, 6) is 0. The highest BCUT2D eigenvalue weighted by Crippen LogP contribution is 1.77. The molecule has 1 fully saturated rings. The van der Waals surface area contributed by atoms with Crippen LogP contribution >= 0.6 is 0 Å². The molecule has 0 radical (unpaired) electrons. The zero-order chi connectivity index (χ0) is 5.11. The smallest absolute Gasteiger partial charge is 0.0708 e. The molecule has 1 heterocycles. The van der Waals surface area contributed by atoms with E-state index in [-0.39, 0.29) is 0 Å². The van der Waals surface area contributed by atoms with E-state index < -0.39 is 0 Å². The van der Waals surface area contributed by atoms with Crippen molar-refractivity contribution >= 4 is 0 Å². The fourth-order valence-corrected chi connectivity index (χ4v) is 0.688. The summed E-state index contributed by atoms with van der Waals surface area (Å²) in [6.07, 6.45) is 0.486. The molecule has 1 unspecified atom stereocenters. The van der Waals surface area contributed by atoms with Gasteiger partial charge in [-0.05, 0) is 7.05 Å². The second-order valence-electron chi connectivity index (χ2n) is 1.68. The van der Waals surface area contributed by atoms with E-state index in [4.69, 9.17) is 0 Å². The van der Waals surface area contributed by atoms with Crippen LogP contribution in [-0.2, 0) is 0 Å². The molecule has 0 aromatic rings. The Balaban J connectivity index is 2.14. The minimum absolute atomic E-state index is 0.486. The number of likely N-dealkylation sites (N-methyl/N-ethyl adjacent to an activating group) is 1.